The molecule has 3 aromatic carbocycles. The first-order chi connectivity index (χ1) is 18.3. The van der Waals surface area contributed by atoms with Gasteiger partial charge >= 0.3 is 0 Å². The summed E-state index contributed by atoms with van der Waals surface area (Å²) in [5, 5.41) is 6.33. The van der Waals surface area contributed by atoms with Crippen LogP contribution in [0.3, 0.4) is 0 Å². The van der Waals surface area contributed by atoms with Crippen molar-refractivity contribution in [2.75, 3.05) is 54.5 Å². The van der Waals surface area contributed by atoms with E-state index in [0.29, 0.717) is 40.7 Å². The molecule has 0 spiro atoms. The number of amides is 1. The van der Waals surface area contributed by atoms with E-state index in [1.54, 1.807) is 32.4 Å². The molecular weight excluding hydrogens is 486 g/mol. The maximum absolute atomic E-state index is 14.0. The van der Waals surface area contributed by atoms with Crippen molar-refractivity contribution < 1.29 is 28.5 Å². The zero-order valence-corrected chi connectivity index (χ0v) is 22.8. The standard InChI is InChI=1S/C29H33N3O6/c1-31(2)20-10-8-18(9-11-20)23-17-24(22-13-12-21(34-3)16-25(22)35-4)32(30-23)29(33)19-14-26(36-5)28(38-7)27(15-19)37-6/h8-16,24H,17H2,1-7H3/t24-/m1/s1. The highest BCUT2D eigenvalue weighted by molar-refractivity contribution is 6.05. The maximum atomic E-state index is 14.0. The average molecular weight is 520 g/mol. The molecule has 0 aromatic heterocycles. The third-order valence-electron chi connectivity index (χ3n) is 6.55. The Morgan fingerprint density at radius 3 is 1.97 bits per heavy atom. The van der Waals surface area contributed by atoms with Gasteiger partial charge in [-0.3, -0.25) is 4.79 Å². The van der Waals surface area contributed by atoms with Gasteiger partial charge in [-0.1, -0.05) is 12.1 Å². The van der Waals surface area contributed by atoms with Gasteiger partial charge in [0, 0.05) is 43.4 Å². The van der Waals surface area contributed by atoms with Crippen LogP contribution >= 0.6 is 0 Å². The lowest BCUT2D eigenvalue weighted by Crippen LogP contribution is -2.27. The molecule has 0 unspecified atom stereocenters. The Kier molecular flexibility index (Phi) is 7.95. The Hall–Kier alpha value is -4.40. The van der Waals surface area contributed by atoms with Crippen molar-refractivity contribution in [2.45, 2.75) is 12.5 Å². The number of hydrazone groups is 1. The second kappa shape index (κ2) is 11.3. The van der Waals surface area contributed by atoms with Crippen LogP contribution in [0.5, 0.6) is 28.7 Å². The Bertz CT molecular complexity index is 1310. The number of ether oxygens (including phenoxy) is 5. The third-order valence-corrected chi connectivity index (χ3v) is 6.55. The smallest absolute Gasteiger partial charge is 0.274 e. The van der Waals surface area contributed by atoms with E-state index in [2.05, 4.69) is 0 Å². The monoisotopic (exact) mass is 519 g/mol. The molecule has 1 aliphatic heterocycles. The molecule has 4 rings (SSSR count). The van der Waals surface area contributed by atoms with Crippen LogP contribution in [-0.2, 0) is 0 Å². The third kappa shape index (κ3) is 5.04. The lowest BCUT2D eigenvalue weighted by Gasteiger charge is -2.24. The number of benzene rings is 3. The van der Waals surface area contributed by atoms with Crippen LogP contribution < -0.4 is 28.6 Å². The minimum Gasteiger partial charge on any atom is -0.497 e. The summed E-state index contributed by atoms with van der Waals surface area (Å²) in [6.07, 6.45) is 0.500. The quantitative estimate of drug-likeness (QED) is 0.402. The van der Waals surface area contributed by atoms with Gasteiger partial charge in [-0.2, -0.15) is 5.10 Å². The molecular formula is C29H33N3O6. The summed E-state index contributed by atoms with van der Waals surface area (Å²) in [7, 11) is 11.7. The first kappa shape index (κ1) is 26.7. The molecule has 1 heterocycles. The second-order valence-corrected chi connectivity index (χ2v) is 8.88. The lowest BCUT2D eigenvalue weighted by atomic mass is 9.97. The van der Waals surface area contributed by atoms with Crippen LogP contribution in [0.25, 0.3) is 0 Å². The summed E-state index contributed by atoms with van der Waals surface area (Å²) < 4.78 is 27.5. The topological polar surface area (TPSA) is 82.1 Å². The molecule has 0 fully saturated rings. The number of hydrogen-bond acceptors (Lipinski definition) is 8. The predicted molar refractivity (Wildman–Crippen MR) is 146 cm³/mol. The highest BCUT2D eigenvalue weighted by atomic mass is 16.5. The molecule has 1 amide bonds. The predicted octanol–water partition coefficient (Wildman–Crippen LogP) is 4.79. The van der Waals surface area contributed by atoms with Gasteiger partial charge in [0.1, 0.15) is 11.5 Å². The van der Waals surface area contributed by atoms with Gasteiger partial charge in [0.05, 0.1) is 47.3 Å². The fourth-order valence-electron chi connectivity index (χ4n) is 4.50. The van der Waals surface area contributed by atoms with E-state index in [1.165, 1.54) is 26.3 Å². The number of hydrogen-bond donors (Lipinski definition) is 0. The summed E-state index contributed by atoms with van der Waals surface area (Å²) in [5.41, 5.74) is 3.97. The first-order valence-corrected chi connectivity index (χ1v) is 12.1. The molecule has 1 atom stereocenters. The zero-order valence-electron chi connectivity index (χ0n) is 22.8. The normalized spacial score (nSPS) is 14.6. The number of methoxy groups -OCH3 is 5. The Morgan fingerprint density at radius 1 is 0.816 bits per heavy atom. The Morgan fingerprint density at radius 2 is 1.45 bits per heavy atom. The molecule has 38 heavy (non-hydrogen) atoms. The van der Waals surface area contributed by atoms with E-state index in [-0.39, 0.29) is 5.91 Å². The molecule has 0 radical (unpaired) electrons. The summed E-state index contributed by atoms with van der Waals surface area (Å²) in [6, 6.07) is 16.5. The van der Waals surface area contributed by atoms with E-state index < -0.39 is 6.04 Å². The molecule has 200 valence electrons. The molecule has 9 heteroatoms. The number of nitrogens with zero attached hydrogens (tertiary/aromatic N) is 3. The molecule has 0 saturated heterocycles. The molecule has 1 aliphatic rings. The number of anilines is 1. The van der Waals surface area contributed by atoms with E-state index in [1.807, 2.05) is 55.4 Å². The fraction of sp³-hybridized carbons (Fsp3) is 0.310. The van der Waals surface area contributed by atoms with Gasteiger partial charge in [-0.05, 0) is 42.0 Å². The van der Waals surface area contributed by atoms with E-state index in [4.69, 9.17) is 28.8 Å². The van der Waals surface area contributed by atoms with Gasteiger partial charge < -0.3 is 28.6 Å². The van der Waals surface area contributed by atoms with Gasteiger partial charge in [-0.15, -0.1) is 0 Å². The maximum Gasteiger partial charge on any atom is 0.274 e. The van der Waals surface area contributed by atoms with Crippen molar-refractivity contribution in [1.29, 1.82) is 0 Å². The SMILES string of the molecule is COc1ccc([C@H]2CC(c3ccc(N(C)C)cc3)=NN2C(=O)c2cc(OC)c(OC)c(OC)c2)c(OC)c1. The van der Waals surface area contributed by atoms with Gasteiger partial charge in [0.15, 0.2) is 11.5 Å². The van der Waals surface area contributed by atoms with Crippen LogP contribution in [0.15, 0.2) is 59.7 Å². The van der Waals surface area contributed by atoms with E-state index in [0.717, 1.165) is 22.5 Å². The minimum atomic E-state index is -0.411. The highest BCUT2D eigenvalue weighted by Gasteiger charge is 2.36. The van der Waals surface area contributed by atoms with Crippen molar-refractivity contribution in [3.05, 3.63) is 71.3 Å². The van der Waals surface area contributed by atoms with Gasteiger partial charge in [-0.25, -0.2) is 5.01 Å². The summed E-state index contributed by atoms with van der Waals surface area (Å²) in [4.78, 5) is 16.0. The number of carbonyl (C=O) groups is 1. The summed E-state index contributed by atoms with van der Waals surface area (Å²) in [6.45, 7) is 0. The first-order valence-electron chi connectivity index (χ1n) is 12.1. The number of rotatable bonds is 9. The molecule has 0 aliphatic carbocycles. The van der Waals surface area contributed by atoms with Crippen LogP contribution in [0, 0.1) is 0 Å². The molecule has 3 aromatic rings. The lowest BCUT2D eigenvalue weighted by molar-refractivity contribution is 0.0708. The Balaban J connectivity index is 1.81. The zero-order chi connectivity index (χ0) is 27.4. The van der Waals surface area contributed by atoms with Crippen molar-refractivity contribution in [3.63, 3.8) is 0 Å². The second-order valence-electron chi connectivity index (χ2n) is 8.88. The van der Waals surface area contributed by atoms with E-state index >= 15 is 0 Å². The van der Waals surface area contributed by atoms with Crippen LogP contribution in [-0.4, -0.2) is 66.3 Å². The van der Waals surface area contributed by atoms with Crippen molar-refractivity contribution in [3.8, 4) is 28.7 Å². The molecule has 0 saturated carbocycles. The van der Waals surface area contributed by atoms with E-state index in [9.17, 15) is 4.79 Å². The van der Waals surface area contributed by atoms with Crippen LogP contribution in [0.1, 0.15) is 33.9 Å². The van der Waals surface area contributed by atoms with Crippen molar-refractivity contribution in [2.24, 2.45) is 5.10 Å². The van der Waals surface area contributed by atoms with Gasteiger partial charge in [0.2, 0.25) is 5.75 Å². The minimum absolute atomic E-state index is 0.313. The fourth-order valence-corrected chi connectivity index (χ4v) is 4.50. The van der Waals surface area contributed by atoms with Crippen molar-refractivity contribution in [1.82, 2.24) is 5.01 Å². The van der Waals surface area contributed by atoms with Crippen molar-refractivity contribution >= 4 is 17.3 Å². The molecule has 9 nitrogen and oxygen atoms in total. The number of carbonyl (C=O) groups excluding carboxylic acids is 1. The Labute approximate surface area is 223 Å². The van der Waals surface area contributed by atoms with Crippen LogP contribution in [0.2, 0.25) is 0 Å². The molecule has 0 bridgehead atoms. The van der Waals surface area contributed by atoms with Crippen LogP contribution in [0.4, 0.5) is 5.69 Å². The highest BCUT2D eigenvalue weighted by Crippen LogP contribution is 2.42. The largest absolute Gasteiger partial charge is 0.497 e. The molecule has 0 N–H and O–H groups in total. The average Bonchev–Trinajstić information content (AvgIpc) is 3.40. The summed E-state index contributed by atoms with van der Waals surface area (Å²) in [5.74, 6) is 2.13. The summed E-state index contributed by atoms with van der Waals surface area (Å²) >= 11 is 0. The van der Waals surface area contributed by atoms with Gasteiger partial charge in [0.25, 0.3) is 5.91 Å².